The summed E-state index contributed by atoms with van der Waals surface area (Å²) in [6, 6.07) is 9.12. The fraction of sp³-hybridized carbons (Fsp3) is 0.519. The van der Waals surface area contributed by atoms with Gasteiger partial charge in [0.1, 0.15) is 5.75 Å². The van der Waals surface area contributed by atoms with E-state index in [0.29, 0.717) is 18.6 Å². The molecule has 0 spiro atoms. The standard InChI is InChI=1S/C27H36N2O2/c1-16(2)20-11-13-21(14-12-20)23-15-31-26-18(4)17(3)25(19(5)24(23)26)29-27(30)28-22-9-7-6-8-10-22/h11-14,16,22-23H,6-10,15H2,1-5H3,(H2,28,29,30). The molecule has 1 aliphatic heterocycles. The maximum absolute atomic E-state index is 12.8. The zero-order valence-corrected chi connectivity index (χ0v) is 19.6. The summed E-state index contributed by atoms with van der Waals surface area (Å²) >= 11 is 0. The molecule has 1 heterocycles. The van der Waals surface area contributed by atoms with Crippen LogP contribution in [0.3, 0.4) is 0 Å². The van der Waals surface area contributed by atoms with E-state index in [9.17, 15) is 4.79 Å². The van der Waals surface area contributed by atoms with E-state index in [1.54, 1.807) is 0 Å². The zero-order valence-electron chi connectivity index (χ0n) is 19.6. The average molecular weight is 421 g/mol. The molecular formula is C27H36N2O2. The van der Waals surface area contributed by atoms with E-state index in [4.69, 9.17) is 4.74 Å². The predicted octanol–water partition coefficient (Wildman–Crippen LogP) is 6.71. The van der Waals surface area contributed by atoms with Gasteiger partial charge in [-0.2, -0.15) is 0 Å². The minimum Gasteiger partial charge on any atom is -0.492 e. The Bertz CT molecular complexity index is 956. The Morgan fingerprint density at radius 1 is 0.968 bits per heavy atom. The minimum atomic E-state index is -0.0887. The van der Waals surface area contributed by atoms with Crippen molar-refractivity contribution < 1.29 is 9.53 Å². The molecule has 1 unspecified atom stereocenters. The van der Waals surface area contributed by atoms with Crippen LogP contribution in [0.15, 0.2) is 24.3 Å². The van der Waals surface area contributed by atoms with Gasteiger partial charge in [0.15, 0.2) is 0 Å². The number of nitrogens with one attached hydrogen (secondary N) is 2. The van der Waals surface area contributed by atoms with Gasteiger partial charge >= 0.3 is 6.03 Å². The molecule has 2 amide bonds. The van der Waals surface area contributed by atoms with Crippen molar-refractivity contribution in [2.24, 2.45) is 0 Å². The molecule has 4 rings (SSSR count). The highest BCUT2D eigenvalue weighted by atomic mass is 16.5. The van der Waals surface area contributed by atoms with Gasteiger partial charge in [0.25, 0.3) is 0 Å². The highest BCUT2D eigenvalue weighted by molar-refractivity contribution is 5.92. The summed E-state index contributed by atoms with van der Waals surface area (Å²) in [6.07, 6.45) is 5.85. The van der Waals surface area contributed by atoms with Gasteiger partial charge in [-0.25, -0.2) is 4.79 Å². The molecule has 1 saturated carbocycles. The van der Waals surface area contributed by atoms with Gasteiger partial charge in [-0.15, -0.1) is 0 Å². The van der Waals surface area contributed by atoms with Gasteiger partial charge in [0, 0.05) is 23.2 Å². The molecule has 2 aromatic rings. The van der Waals surface area contributed by atoms with Gasteiger partial charge in [-0.05, 0) is 67.3 Å². The van der Waals surface area contributed by atoms with Gasteiger partial charge in [-0.3, -0.25) is 0 Å². The molecule has 2 aliphatic rings. The van der Waals surface area contributed by atoms with Crippen LogP contribution in [0.1, 0.15) is 91.2 Å². The fourth-order valence-electron chi connectivity index (χ4n) is 5.15. The second-order valence-corrected chi connectivity index (χ2v) is 9.61. The Hall–Kier alpha value is -2.49. The SMILES string of the molecule is Cc1c(C)c2c(c(C)c1NC(=O)NC1CCCCC1)C(c1ccc(C(C)C)cc1)CO2. The second kappa shape index (κ2) is 8.94. The topological polar surface area (TPSA) is 50.4 Å². The van der Waals surface area contributed by atoms with Crippen LogP contribution >= 0.6 is 0 Å². The van der Waals surface area contributed by atoms with Gasteiger partial charge in [0.05, 0.1) is 6.61 Å². The summed E-state index contributed by atoms with van der Waals surface area (Å²) in [7, 11) is 0. The molecule has 1 atom stereocenters. The van der Waals surface area contributed by atoms with Gasteiger partial charge < -0.3 is 15.4 Å². The summed E-state index contributed by atoms with van der Waals surface area (Å²) in [6.45, 7) is 11.4. The van der Waals surface area contributed by atoms with E-state index in [0.717, 1.165) is 41.0 Å². The van der Waals surface area contributed by atoms with E-state index in [1.807, 2.05) is 0 Å². The van der Waals surface area contributed by atoms with Crippen molar-refractivity contribution in [3.8, 4) is 5.75 Å². The van der Waals surface area contributed by atoms with Crippen LogP contribution in [0.2, 0.25) is 0 Å². The third kappa shape index (κ3) is 4.30. The average Bonchev–Trinajstić information content (AvgIpc) is 3.21. The number of ether oxygens (including phenoxy) is 1. The molecule has 2 N–H and O–H groups in total. The summed E-state index contributed by atoms with van der Waals surface area (Å²) in [5.41, 5.74) is 8.09. The Morgan fingerprint density at radius 2 is 1.65 bits per heavy atom. The van der Waals surface area contributed by atoms with Crippen molar-refractivity contribution >= 4 is 11.7 Å². The van der Waals surface area contributed by atoms with Crippen LogP contribution in [-0.2, 0) is 0 Å². The largest absolute Gasteiger partial charge is 0.492 e. The number of benzene rings is 2. The predicted molar refractivity (Wildman–Crippen MR) is 128 cm³/mol. The molecule has 0 aromatic heterocycles. The molecule has 2 aromatic carbocycles. The van der Waals surface area contributed by atoms with Crippen molar-refractivity contribution in [1.29, 1.82) is 0 Å². The molecule has 4 heteroatoms. The van der Waals surface area contributed by atoms with E-state index in [2.05, 4.69) is 69.5 Å². The zero-order chi connectivity index (χ0) is 22.1. The second-order valence-electron chi connectivity index (χ2n) is 9.61. The number of urea groups is 1. The van der Waals surface area contributed by atoms with Crippen molar-refractivity contribution in [3.63, 3.8) is 0 Å². The summed E-state index contributed by atoms with van der Waals surface area (Å²) < 4.78 is 6.19. The lowest BCUT2D eigenvalue weighted by Gasteiger charge is -2.24. The maximum atomic E-state index is 12.8. The summed E-state index contributed by atoms with van der Waals surface area (Å²) in [4.78, 5) is 12.8. The first-order chi connectivity index (χ1) is 14.9. The summed E-state index contributed by atoms with van der Waals surface area (Å²) in [5.74, 6) is 1.70. The van der Waals surface area contributed by atoms with Crippen molar-refractivity contribution in [1.82, 2.24) is 5.32 Å². The van der Waals surface area contributed by atoms with E-state index in [1.165, 1.54) is 36.0 Å². The van der Waals surface area contributed by atoms with E-state index < -0.39 is 0 Å². The normalized spacial score (nSPS) is 18.6. The number of hydrogen-bond acceptors (Lipinski definition) is 2. The lowest BCUT2D eigenvalue weighted by molar-refractivity contribution is 0.244. The monoisotopic (exact) mass is 420 g/mol. The number of fused-ring (bicyclic) bond motifs is 1. The Balaban J connectivity index is 1.62. The van der Waals surface area contributed by atoms with Crippen LogP contribution in [-0.4, -0.2) is 18.7 Å². The molecule has 166 valence electrons. The highest BCUT2D eigenvalue weighted by Gasteiger charge is 2.32. The molecule has 1 fully saturated rings. The smallest absolute Gasteiger partial charge is 0.319 e. The number of hydrogen-bond donors (Lipinski definition) is 2. The van der Waals surface area contributed by atoms with E-state index in [-0.39, 0.29) is 11.9 Å². The summed E-state index contributed by atoms with van der Waals surface area (Å²) in [5, 5.41) is 6.37. The number of rotatable bonds is 4. The van der Waals surface area contributed by atoms with Crippen LogP contribution < -0.4 is 15.4 Å². The first-order valence-electron chi connectivity index (χ1n) is 11.8. The highest BCUT2D eigenvalue weighted by Crippen LogP contribution is 2.46. The molecule has 1 aliphatic carbocycles. The number of amides is 2. The number of carbonyl (C=O) groups is 1. The molecule has 4 nitrogen and oxygen atoms in total. The first-order valence-corrected chi connectivity index (χ1v) is 11.8. The van der Waals surface area contributed by atoms with Crippen LogP contribution in [0, 0.1) is 20.8 Å². The minimum absolute atomic E-state index is 0.0887. The quantitative estimate of drug-likeness (QED) is 0.577. The number of anilines is 1. The Kier molecular flexibility index (Phi) is 6.27. The van der Waals surface area contributed by atoms with Crippen LogP contribution in [0.4, 0.5) is 10.5 Å². The molecule has 0 bridgehead atoms. The fourth-order valence-corrected chi connectivity index (χ4v) is 5.15. The van der Waals surface area contributed by atoms with E-state index >= 15 is 0 Å². The van der Waals surface area contributed by atoms with Gasteiger partial charge in [-0.1, -0.05) is 57.4 Å². The third-order valence-corrected chi connectivity index (χ3v) is 7.23. The van der Waals surface area contributed by atoms with Crippen LogP contribution in [0.5, 0.6) is 5.75 Å². The van der Waals surface area contributed by atoms with Crippen molar-refractivity contribution in [2.45, 2.75) is 84.6 Å². The number of carbonyl (C=O) groups excluding carboxylic acids is 1. The Labute approximate surface area is 186 Å². The van der Waals surface area contributed by atoms with Gasteiger partial charge in [0.2, 0.25) is 0 Å². The lowest BCUT2D eigenvalue weighted by atomic mass is 9.86. The molecule has 0 radical (unpaired) electrons. The van der Waals surface area contributed by atoms with Crippen molar-refractivity contribution in [3.05, 3.63) is 57.6 Å². The third-order valence-electron chi connectivity index (χ3n) is 7.23. The molecular weight excluding hydrogens is 384 g/mol. The maximum Gasteiger partial charge on any atom is 0.319 e. The first kappa shape index (κ1) is 21.7. The molecule has 0 saturated heterocycles. The van der Waals surface area contributed by atoms with Crippen LogP contribution in [0.25, 0.3) is 0 Å². The molecule has 31 heavy (non-hydrogen) atoms. The van der Waals surface area contributed by atoms with Crippen molar-refractivity contribution in [2.75, 3.05) is 11.9 Å². The Morgan fingerprint density at radius 3 is 2.29 bits per heavy atom. The lowest BCUT2D eigenvalue weighted by Crippen LogP contribution is -2.39.